The van der Waals surface area contributed by atoms with E-state index in [0.717, 1.165) is 5.56 Å². The summed E-state index contributed by atoms with van der Waals surface area (Å²) in [6, 6.07) is 11.4. The lowest BCUT2D eigenvalue weighted by Gasteiger charge is -2.24. The number of Topliss-reactive ketones (excluding diaryl/α,β-unsaturated/α-hetero) is 1. The fourth-order valence-electron chi connectivity index (χ4n) is 3.08. The third kappa shape index (κ3) is 3.11. The Hall–Kier alpha value is -2.99. The average molecular weight is 355 g/mol. The zero-order valence-corrected chi connectivity index (χ0v) is 14.1. The normalized spacial score (nSPS) is 19.2. The van der Waals surface area contributed by atoms with Gasteiger partial charge in [0.25, 0.3) is 11.7 Å². The number of benzene rings is 2. The third-order valence-electron chi connectivity index (χ3n) is 4.39. The van der Waals surface area contributed by atoms with Gasteiger partial charge in [0.1, 0.15) is 11.6 Å². The van der Waals surface area contributed by atoms with E-state index in [-0.39, 0.29) is 30.0 Å². The standard InChI is InChI=1S/C20H18FNO4/c1-12-2-4-13(5-3-12)17-16(19(25)20(26)22(17)10-11-23)18(24)14-6-8-15(21)9-7-14/h2-9,17,23-24H,10-11H2,1H3/b18-16-. The lowest BCUT2D eigenvalue weighted by Crippen LogP contribution is -2.32. The Balaban J connectivity index is 2.17. The molecule has 0 aliphatic carbocycles. The van der Waals surface area contributed by atoms with Gasteiger partial charge in [-0.3, -0.25) is 9.59 Å². The fourth-order valence-corrected chi connectivity index (χ4v) is 3.08. The van der Waals surface area contributed by atoms with Gasteiger partial charge >= 0.3 is 0 Å². The molecule has 0 aromatic heterocycles. The first-order valence-electron chi connectivity index (χ1n) is 8.16. The second-order valence-electron chi connectivity index (χ2n) is 6.13. The van der Waals surface area contributed by atoms with Crippen LogP contribution in [0.1, 0.15) is 22.7 Å². The van der Waals surface area contributed by atoms with Crippen molar-refractivity contribution in [3.63, 3.8) is 0 Å². The number of ketones is 1. The van der Waals surface area contributed by atoms with Crippen molar-refractivity contribution >= 4 is 17.4 Å². The van der Waals surface area contributed by atoms with Crippen LogP contribution in [-0.2, 0) is 9.59 Å². The number of hydrogen-bond acceptors (Lipinski definition) is 4. The van der Waals surface area contributed by atoms with E-state index < -0.39 is 23.5 Å². The van der Waals surface area contributed by atoms with Crippen LogP contribution in [0.5, 0.6) is 0 Å². The van der Waals surface area contributed by atoms with Crippen molar-refractivity contribution in [2.24, 2.45) is 0 Å². The fraction of sp³-hybridized carbons (Fsp3) is 0.200. The van der Waals surface area contributed by atoms with Gasteiger partial charge in [-0.15, -0.1) is 0 Å². The van der Waals surface area contributed by atoms with Crippen molar-refractivity contribution in [1.29, 1.82) is 0 Å². The molecule has 6 heteroatoms. The Morgan fingerprint density at radius 2 is 1.69 bits per heavy atom. The van der Waals surface area contributed by atoms with Crippen LogP contribution in [0.25, 0.3) is 5.76 Å². The predicted octanol–water partition coefficient (Wildman–Crippen LogP) is 2.55. The first kappa shape index (κ1) is 17.8. The van der Waals surface area contributed by atoms with E-state index in [2.05, 4.69) is 0 Å². The molecular weight excluding hydrogens is 337 g/mol. The summed E-state index contributed by atoms with van der Waals surface area (Å²) in [6.45, 7) is 1.56. The maximum Gasteiger partial charge on any atom is 0.295 e. The molecular formula is C20H18FNO4. The van der Waals surface area contributed by atoms with Crippen LogP contribution >= 0.6 is 0 Å². The zero-order chi connectivity index (χ0) is 18.8. The average Bonchev–Trinajstić information content (AvgIpc) is 2.88. The molecule has 0 spiro atoms. The second-order valence-corrected chi connectivity index (χ2v) is 6.13. The largest absolute Gasteiger partial charge is 0.507 e. The van der Waals surface area contributed by atoms with E-state index >= 15 is 0 Å². The van der Waals surface area contributed by atoms with Crippen molar-refractivity contribution in [3.05, 3.63) is 76.6 Å². The first-order chi connectivity index (χ1) is 12.4. The molecule has 1 fully saturated rings. The highest BCUT2D eigenvalue weighted by Gasteiger charge is 2.45. The van der Waals surface area contributed by atoms with Gasteiger partial charge in [-0.05, 0) is 36.8 Å². The summed E-state index contributed by atoms with van der Waals surface area (Å²) in [5.41, 5.74) is 1.82. The monoisotopic (exact) mass is 355 g/mol. The number of carbonyl (C=O) groups excluding carboxylic acids is 2. The Bertz CT molecular complexity index is 872. The number of rotatable bonds is 4. The Labute approximate surface area is 150 Å². The number of nitrogens with zero attached hydrogens (tertiary/aromatic N) is 1. The highest BCUT2D eigenvalue weighted by Crippen LogP contribution is 2.39. The van der Waals surface area contributed by atoms with Gasteiger partial charge in [0.15, 0.2) is 0 Å². The van der Waals surface area contributed by atoms with Gasteiger partial charge in [0.05, 0.1) is 18.2 Å². The molecule has 1 unspecified atom stereocenters. The number of β-amino-alcohol motifs (C(OH)–C–C–N with tert-alkyl or cyclic N) is 1. The molecule has 2 N–H and O–H groups in total. The maximum atomic E-state index is 13.2. The Morgan fingerprint density at radius 3 is 2.27 bits per heavy atom. The number of amides is 1. The molecule has 2 aromatic carbocycles. The highest BCUT2D eigenvalue weighted by atomic mass is 19.1. The van der Waals surface area contributed by atoms with Gasteiger partial charge in [0.2, 0.25) is 0 Å². The molecule has 134 valence electrons. The second kappa shape index (κ2) is 7.09. The minimum absolute atomic E-state index is 0.0384. The van der Waals surface area contributed by atoms with E-state index in [9.17, 15) is 24.2 Å². The van der Waals surface area contributed by atoms with E-state index in [1.165, 1.54) is 29.2 Å². The van der Waals surface area contributed by atoms with Gasteiger partial charge in [-0.1, -0.05) is 29.8 Å². The first-order valence-corrected chi connectivity index (χ1v) is 8.16. The number of hydrogen-bond donors (Lipinski definition) is 2. The van der Waals surface area contributed by atoms with E-state index in [4.69, 9.17) is 0 Å². The highest BCUT2D eigenvalue weighted by molar-refractivity contribution is 6.46. The van der Waals surface area contributed by atoms with Crippen LogP contribution in [-0.4, -0.2) is 40.0 Å². The van der Waals surface area contributed by atoms with Gasteiger partial charge in [-0.25, -0.2) is 4.39 Å². The summed E-state index contributed by atoms with van der Waals surface area (Å²) in [4.78, 5) is 26.2. The molecule has 1 atom stereocenters. The summed E-state index contributed by atoms with van der Waals surface area (Å²) >= 11 is 0. The summed E-state index contributed by atoms with van der Waals surface area (Å²) in [6.07, 6.45) is 0. The Morgan fingerprint density at radius 1 is 1.08 bits per heavy atom. The lowest BCUT2D eigenvalue weighted by atomic mass is 9.95. The zero-order valence-electron chi connectivity index (χ0n) is 14.1. The van der Waals surface area contributed by atoms with Crippen molar-refractivity contribution < 1.29 is 24.2 Å². The number of aliphatic hydroxyl groups is 2. The van der Waals surface area contributed by atoms with Crippen molar-refractivity contribution in [2.45, 2.75) is 13.0 Å². The Kier molecular flexibility index (Phi) is 4.86. The number of likely N-dealkylation sites (tertiary alicyclic amines) is 1. The van der Waals surface area contributed by atoms with Crippen LogP contribution in [0.3, 0.4) is 0 Å². The van der Waals surface area contributed by atoms with Gasteiger partial charge < -0.3 is 15.1 Å². The van der Waals surface area contributed by atoms with Gasteiger partial charge in [-0.2, -0.15) is 0 Å². The lowest BCUT2D eigenvalue weighted by molar-refractivity contribution is -0.140. The third-order valence-corrected chi connectivity index (χ3v) is 4.39. The molecule has 26 heavy (non-hydrogen) atoms. The summed E-state index contributed by atoms with van der Waals surface area (Å²) < 4.78 is 13.2. The van der Waals surface area contributed by atoms with Crippen LogP contribution in [0.4, 0.5) is 4.39 Å². The molecule has 2 aromatic rings. The SMILES string of the molecule is Cc1ccc(C2/C(=C(/O)c3ccc(F)cc3)C(=O)C(=O)N2CCO)cc1. The molecule has 1 saturated heterocycles. The van der Waals surface area contributed by atoms with Crippen LogP contribution in [0, 0.1) is 12.7 Å². The molecule has 0 bridgehead atoms. The predicted molar refractivity (Wildman–Crippen MR) is 93.7 cm³/mol. The van der Waals surface area contributed by atoms with Crippen LogP contribution in [0.15, 0.2) is 54.1 Å². The quantitative estimate of drug-likeness (QED) is 0.502. The summed E-state index contributed by atoms with van der Waals surface area (Å²) in [5.74, 6) is -2.45. The molecule has 1 heterocycles. The minimum Gasteiger partial charge on any atom is -0.507 e. The number of halogens is 1. The van der Waals surface area contributed by atoms with Crippen molar-refractivity contribution in [1.82, 2.24) is 4.90 Å². The summed E-state index contributed by atoms with van der Waals surface area (Å²) in [7, 11) is 0. The molecule has 3 rings (SSSR count). The topological polar surface area (TPSA) is 77.8 Å². The maximum absolute atomic E-state index is 13.2. The van der Waals surface area contributed by atoms with E-state index in [0.29, 0.717) is 5.56 Å². The molecule has 1 aliphatic heterocycles. The minimum atomic E-state index is -0.828. The van der Waals surface area contributed by atoms with E-state index in [1.54, 1.807) is 12.1 Å². The van der Waals surface area contributed by atoms with Crippen LogP contribution < -0.4 is 0 Å². The molecule has 1 aliphatic rings. The van der Waals surface area contributed by atoms with Gasteiger partial charge in [0, 0.05) is 12.1 Å². The summed E-state index contributed by atoms with van der Waals surface area (Å²) in [5, 5.41) is 20.0. The number of aryl methyl sites for hydroxylation is 1. The smallest absolute Gasteiger partial charge is 0.295 e. The number of carbonyl (C=O) groups is 2. The number of aliphatic hydroxyl groups excluding tert-OH is 2. The van der Waals surface area contributed by atoms with E-state index in [1.807, 2.05) is 19.1 Å². The molecule has 5 nitrogen and oxygen atoms in total. The van der Waals surface area contributed by atoms with Crippen LogP contribution in [0.2, 0.25) is 0 Å². The molecule has 0 saturated carbocycles. The molecule has 0 radical (unpaired) electrons. The molecule has 1 amide bonds. The van der Waals surface area contributed by atoms with Crippen molar-refractivity contribution in [3.8, 4) is 0 Å². The van der Waals surface area contributed by atoms with Crippen molar-refractivity contribution in [2.75, 3.05) is 13.2 Å².